The number of benzene rings is 2. The zero-order valence-corrected chi connectivity index (χ0v) is 23.0. The molecule has 0 aliphatic carbocycles. The average Bonchev–Trinajstić information content (AvgIpc) is 3.20. The van der Waals surface area contributed by atoms with Crippen LogP contribution in [0.25, 0.3) is 0 Å². The SMILES string of the molecule is CCn1c(SCC(=O)Nc2ccc(I)cc2C)nnc1[C@H](NC(=O)c1ccc(C)cc1)C(C)C. The van der Waals surface area contributed by atoms with E-state index in [4.69, 9.17) is 0 Å². The maximum Gasteiger partial charge on any atom is 0.251 e. The molecule has 9 heteroatoms. The first kappa shape index (κ1) is 26.2. The number of thioether (sulfide) groups is 1. The molecular formula is C25H30IN5O2S. The third-order valence-corrected chi connectivity index (χ3v) is 7.04. The lowest BCUT2D eigenvalue weighted by molar-refractivity contribution is -0.113. The molecule has 0 fully saturated rings. The van der Waals surface area contributed by atoms with Gasteiger partial charge in [-0.1, -0.05) is 43.3 Å². The number of halogens is 1. The van der Waals surface area contributed by atoms with Gasteiger partial charge in [-0.25, -0.2) is 0 Å². The summed E-state index contributed by atoms with van der Waals surface area (Å²) in [5.41, 5.74) is 3.54. The first-order valence-electron chi connectivity index (χ1n) is 11.2. The van der Waals surface area contributed by atoms with Gasteiger partial charge < -0.3 is 15.2 Å². The minimum absolute atomic E-state index is 0.102. The van der Waals surface area contributed by atoms with Gasteiger partial charge in [-0.3, -0.25) is 9.59 Å². The molecule has 0 radical (unpaired) electrons. The van der Waals surface area contributed by atoms with Crippen LogP contribution in [-0.2, 0) is 11.3 Å². The lowest BCUT2D eigenvalue weighted by Crippen LogP contribution is -2.33. The van der Waals surface area contributed by atoms with E-state index in [2.05, 4.69) is 43.4 Å². The summed E-state index contributed by atoms with van der Waals surface area (Å²) >= 11 is 3.59. The molecule has 0 aliphatic rings. The molecule has 180 valence electrons. The molecule has 0 saturated heterocycles. The summed E-state index contributed by atoms with van der Waals surface area (Å²) in [6.45, 7) is 10.7. The smallest absolute Gasteiger partial charge is 0.251 e. The van der Waals surface area contributed by atoms with Gasteiger partial charge >= 0.3 is 0 Å². The van der Waals surface area contributed by atoms with Crippen molar-refractivity contribution in [3.05, 3.63) is 68.5 Å². The normalized spacial score (nSPS) is 12.0. The Bertz CT molecular complexity index is 1160. The van der Waals surface area contributed by atoms with E-state index in [1.165, 1.54) is 11.8 Å². The fourth-order valence-electron chi connectivity index (χ4n) is 3.48. The highest BCUT2D eigenvalue weighted by atomic mass is 127. The van der Waals surface area contributed by atoms with Crippen molar-refractivity contribution >= 4 is 51.9 Å². The number of anilines is 1. The fourth-order valence-corrected chi connectivity index (χ4v) is 4.93. The number of hydrogen-bond donors (Lipinski definition) is 2. The van der Waals surface area contributed by atoms with Crippen LogP contribution in [-0.4, -0.2) is 32.3 Å². The van der Waals surface area contributed by atoms with Crippen molar-refractivity contribution in [3.63, 3.8) is 0 Å². The number of carbonyl (C=O) groups is 2. The predicted molar refractivity (Wildman–Crippen MR) is 145 cm³/mol. The first-order valence-corrected chi connectivity index (χ1v) is 13.3. The van der Waals surface area contributed by atoms with E-state index in [0.29, 0.717) is 23.1 Å². The third kappa shape index (κ3) is 6.59. The highest BCUT2D eigenvalue weighted by Gasteiger charge is 2.26. The van der Waals surface area contributed by atoms with Crippen LogP contribution in [0, 0.1) is 23.3 Å². The Morgan fingerprint density at radius 3 is 2.41 bits per heavy atom. The fraction of sp³-hybridized carbons (Fsp3) is 0.360. The molecule has 34 heavy (non-hydrogen) atoms. The lowest BCUT2D eigenvalue weighted by atomic mass is 10.0. The highest BCUT2D eigenvalue weighted by Crippen LogP contribution is 2.26. The van der Waals surface area contributed by atoms with Gasteiger partial charge in [0, 0.05) is 21.4 Å². The topological polar surface area (TPSA) is 88.9 Å². The number of carbonyl (C=O) groups excluding carboxylic acids is 2. The van der Waals surface area contributed by atoms with Crippen LogP contribution in [0.4, 0.5) is 5.69 Å². The van der Waals surface area contributed by atoms with Crippen molar-refractivity contribution in [3.8, 4) is 0 Å². The summed E-state index contributed by atoms with van der Waals surface area (Å²) in [7, 11) is 0. The van der Waals surface area contributed by atoms with E-state index in [9.17, 15) is 9.59 Å². The summed E-state index contributed by atoms with van der Waals surface area (Å²) in [4.78, 5) is 25.4. The van der Waals surface area contributed by atoms with Crippen molar-refractivity contribution in [2.75, 3.05) is 11.1 Å². The number of rotatable bonds is 9. The van der Waals surface area contributed by atoms with Crippen LogP contribution in [0.3, 0.4) is 0 Å². The Hall–Kier alpha value is -2.40. The minimum atomic E-state index is -0.307. The van der Waals surface area contributed by atoms with Crippen molar-refractivity contribution < 1.29 is 9.59 Å². The molecule has 3 rings (SSSR count). The largest absolute Gasteiger partial charge is 0.342 e. The molecule has 2 amide bonds. The average molecular weight is 592 g/mol. The Labute approximate surface area is 218 Å². The molecule has 0 unspecified atom stereocenters. The van der Waals surface area contributed by atoms with Gasteiger partial charge in [0.2, 0.25) is 5.91 Å². The quantitative estimate of drug-likeness (QED) is 0.258. The number of hydrogen-bond acceptors (Lipinski definition) is 5. The van der Waals surface area contributed by atoms with Crippen molar-refractivity contribution in [2.45, 2.75) is 52.4 Å². The second kappa shape index (κ2) is 11.8. The Morgan fingerprint density at radius 2 is 1.79 bits per heavy atom. The lowest BCUT2D eigenvalue weighted by Gasteiger charge is -2.22. The van der Waals surface area contributed by atoms with E-state index in [0.717, 1.165) is 20.4 Å². The third-order valence-electron chi connectivity index (χ3n) is 5.40. The minimum Gasteiger partial charge on any atom is -0.342 e. The van der Waals surface area contributed by atoms with Crippen LogP contribution in [0.5, 0.6) is 0 Å². The molecule has 0 aliphatic heterocycles. The number of amides is 2. The monoisotopic (exact) mass is 591 g/mol. The maximum absolute atomic E-state index is 12.9. The van der Waals surface area contributed by atoms with Gasteiger partial charge in [-0.05, 0) is 85.2 Å². The van der Waals surface area contributed by atoms with Gasteiger partial charge in [-0.2, -0.15) is 0 Å². The van der Waals surface area contributed by atoms with Gasteiger partial charge in [0.25, 0.3) is 5.91 Å². The van der Waals surface area contributed by atoms with Crippen LogP contribution >= 0.6 is 34.4 Å². The Balaban J connectivity index is 1.71. The molecule has 2 aromatic carbocycles. The molecular weight excluding hydrogens is 561 g/mol. The summed E-state index contributed by atoms with van der Waals surface area (Å²) in [6.07, 6.45) is 0. The highest BCUT2D eigenvalue weighted by molar-refractivity contribution is 14.1. The molecule has 3 aromatic rings. The predicted octanol–water partition coefficient (Wildman–Crippen LogP) is 5.38. The molecule has 7 nitrogen and oxygen atoms in total. The van der Waals surface area contributed by atoms with E-state index >= 15 is 0 Å². The Kier molecular flexibility index (Phi) is 9.12. The Morgan fingerprint density at radius 1 is 1.09 bits per heavy atom. The van der Waals surface area contributed by atoms with Crippen LogP contribution in [0.2, 0.25) is 0 Å². The maximum atomic E-state index is 12.9. The van der Waals surface area contributed by atoms with E-state index in [1.54, 1.807) is 0 Å². The van der Waals surface area contributed by atoms with Crippen molar-refractivity contribution in [2.24, 2.45) is 5.92 Å². The van der Waals surface area contributed by atoms with Gasteiger partial charge in [0.05, 0.1) is 11.8 Å². The molecule has 0 saturated carbocycles. The number of nitrogens with zero attached hydrogens (tertiary/aromatic N) is 3. The summed E-state index contributed by atoms with van der Waals surface area (Å²) in [5.74, 6) is 0.759. The van der Waals surface area contributed by atoms with Gasteiger partial charge in [0.15, 0.2) is 11.0 Å². The van der Waals surface area contributed by atoms with Crippen LogP contribution in [0.15, 0.2) is 47.6 Å². The second-order valence-corrected chi connectivity index (χ2v) is 10.6. The molecule has 2 N–H and O–H groups in total. The van der Waals surface area contributed by atoms with Gasteiger partial charge in [0.1, 0.15) is 0 Å². The summed E-state index contributed by atoms with van der Waals surface area (Å²) in [6, 6.07) is 13.1. The standard InChI is InChI=1S/C25H30IN5O2S/c1-6-31-23(22(15(2)3)28-24(33)18-9-7-16(4)8-10-18)29-30-25(31)34-14-21(32)27-20-12-11-19(26)13-17(20)5/h7-13,15,22H,6,14H2,1-5H3,(H,27,32)(H,28,33)/t22-/m1/s1. The summed E-state index contributed by atoms with van der Waals surface area (Å²) < 4.78 is 3.09. The van der Waals surface area contributed by atoms with Gasteiger partial charge in [-0.15, -0.1) is 10.2 Å². The van der Waals surface area contributed by atoms with Crippen molar-refractivity contribution in [1.29, 1.82) is 0 Å². The van der Waals surface area contributed by atoms with Crippen LogP contribution in [0.1, 0.15) is 54.1 Å². The van der Waals surface area contributed by atoms with E-state index in [-0.39, 0.29) is 29.5 Å². The van der Waals surface area contributed by atoms with Crippen LogP contribution < -0.4 is 10.6 Å². The van der Waals surface area contributed by atoms with E-state index in [1.807, 2.05) is 81.7 Å². The first-order chi connectivity index (χ1) is 16.2. The summed E-state index contributed by atoms with van der Waals surface area (Å²) in [5, 5.41) is 15.5. The molecule has 1 heterocycles. The van der Waals surface area contributed by atoms with Crippen molar-refractivity contribution in [1.82, 2.24) is 20.1 Å². The molecule has 0 bridgehead atoms. The number of aryl methyl sites for hydroxylation is 2. The number of nitrogens with one attached hydrogen (secondary N) is 2. The molecule has 0 spiro atoms. The number of aromatic nitrogens is 3. The molecule has 1 aromatic heterocycles. The second-order valence-electron chi connectivity index (χ2n) is 8.44. The zero-order chi connectivity index (χ0) is 24.8. The molecule has 1 atom stereocenters. The zero-order valence-electron chi connectivity index (χ0n) is 20.1. The van der Waals surface area contributed by atoms with E-state index < -0.39 is 0 Å².